The van der Waals surface area contributed by atoms with Crippen LogP contribution in [0.2, 0.25) is 0 Å². The maximum Gasteiger partial charge on any atom is 0.244 e. The molecule has 0 atom stereocenters. The average molecular weight is 386 g/mol. The van der Waals surface area contributed by atoms with Crippen LogP contribution >= 0.6 is 0 Å². The summed E-state index contributed by atoms with van der Waals surface area (Å²) in [5.41, 5.74) is 0. The summed E-state index contributed by atoms with van der Waals surface area (Å²) in [7, 11) is 2.09. The van der Waals surface area contributed by atoms with Crippen molar-refractivity contribution in [2.75, 3.05) is 26.2 Å². The maximum absolute atomic E-state index is 12.5. The molecule has 0 spiro atoms. The molecule has 2 fully saturated rings. The van der Waals surface area contributed by atoms with Gasteiger partial charge in [0.1, 0.15) is 18.2 Å². The van der Waals surface area contributed by atoms with Crippen LogP contribution in [-0.4, -0.2) is 66.4 Å². The number of hydrogen-bond donors (Lipinski definition) is 0. The SMILES string of the molecule is Cn1c(CN2CCCCCC2)nnc1C1CCN(C(=O)Cn2cccn2)CC1. The van der Waals surface area contributed by atoms with E-state index in [2.05, 4.69) is 31.8 Å². The smallest absolute Gasteiger partial charge is 0.244 e. The lowest BCUT2D eigenvalue weighted by Crippen LogP contribution is -2.40. The zero-order valence-electron chi connectivity index (χ0n) is 16.8. The number of carbonyl (C=O) groups excluding carboxylic acids is 1. The van der Waals surface area contributed by atoms with Gasteiger partial charge in [0, 0.05) is 38.4 Å². The Hall–Kier alpha value is -2.22. The van der Waals surface area contributed by atoms with Gasteiger partial charge >= 0.3 is 0 Å². The number of hydrogen-bond acceptors (Lipinski definition) is 5. The highest BCUT2D eigenvalue weighted by atomic mass is 16.2. The van der Waals surface area contributed by atoms with E-state index in [4.69, 9.17) is 0 Å². The van der Waals surface area contributed by atoms with Gasteiger partial charge in [-0.25, -0.2) is 0 Å². The quantitative estimate of drug-likeness (QED) is 0.785. The number of rotatable bonds is 5. The summed E-state index contributed by atoms with van der Waals surface area (Å²) in [6.45, 7) is 5.10. The van der Waals surface area contributed by atoms with E-state index in [1.165, 1.54) is 38.8 Å². The van der Waals surface area contributed by atoms with Gasteiger partial charge in [0.2, 0.25) is 5.91 Å². The van der Waals surface area contributed by atoms with Crippen molar-refractivity contribution in [2.45, 2.75) is 57.5 Å². The van der Waals surface area contributed by atoms with E-state index < -0.39 is 0 Å². The van der Waals surface area contributed by atoms with Gasteiger partial charge in [-0.05, 0) is 44.8 Å². The summed E-state index contributed by atoms with van der Waals surface area (Å²) in [6.07, 6.45) is 10.7. The molecule has 0 aromatic carbocycles. The number of piperidine rings is 1. The van der Waals surface area contributed by atoms with Gasteiger partial charge in [-0.2, -0.15) is 5.10 Å². The minimum Gasteiger partial charge on any atom is -0.341 e. The van der Waals surface area contributed by atoms with Gasteiger partial charge in [-0.1, -0.05) is 12.8 Å². The molecule has 2 aromatic rings. The molecule has 0 N–H and O–H groups in total. The van der Waals surface area contributed by atoms with Crippen molar-refractivity contribution in [1.82, 2.24) is 34.3 Å². The average Bonchev–Trinajstić information content (AvgIpc) is 3.26. The summed E-state index contributed by atoms with van der Waals surface area (Å²) in [6, 6.07) is 1.84. The molecule has 152 valence electrons. The second-order valence-electron chi connectivity index (χ2n) is 8.08. The number of amides is 1. The van der Waals surface area contributed by atoms with Crippen LogP contribution in [-0.2, 0) is 24.9 Å². The third-order valence-electron chi connectivity index (χ3n) is 6.13. The highest BCUT2D eigenvalue weighted by Gasteiger charge is 2.27. The van der Waals surface area contributed by atoms with Crippen molar-refractivity contribution in [2.24, 2.45) is 7.05 Å². The standard InChI is InChI=1S/C20H31N7O/c1-24-18(15-25-10-4-2-3-5-11-25)22-23-20(24)17-7-13-26(14-8-17)19(28)16-27-12-6-9-21-27/h6,9,12,17H,2-5,7-8,10-11,13-16H2,1H3. The molecule has 2 aromatic heterocycles. The molecule has 4 heterocycles. The predicted molar refractivity (Wildman–Crippen MR) is 106 cm³/mol. The molecule has 28 heavy (non-hydrogen) atoms. The van der Waals surface area contributed by atoms with Crippen molar-refractivity contribution < 1.29 is 4.79 Å². The summed E-state index contributed by atoms with van der Waals surface area (Å²) in [5, 5.41) is 13.2. The summed E-state index contributed by atoms with van der Waals surface area (Å²) in [4.78, 5) is 16.9. The number of aromatic nitrogens is 5. The lowest BCUT2D eigenvalue weighted by Gasteiger charge is -2.31. The second-order valence-corrected chi connectivity index (χ2v) is 8.08. The molecule has 4 rings (SSSR count). The number of likely N-dealkylation sites (tertiary alicyclic amines) is 2. The van der Waals surface area contributed by atoms with E-state index in [1.54, 1.807) is 10.9 Å². The molecule has 2 aliphatic heterocycles. The molecule has 2 aliphatic rings. The molecule has 2 saturated heterocycles. The van der Waals surface area contributed by atoms with Crippen molar-refractivity contribution in [3.63, 3.8) is 0 Å². The molecular formula is C20H31N7O. The van der Waals surface area contributed by atoms with Crippen LogP contribution < -0.4 is 0 Å². The lowest BCUT2D eigenvalue weighted by molar-refractivity contribution is -0.133. The minimum absolute atomic E-state index is 0.141. The van der Waals surface area contributed by atoms with E-state index in [9.17, 15) is 4.79 Å². The fourth-order valence-corrected chi connectivity index (χ4v) is 4.38. The van der Waals surface area contributed by atoms with E-state index in [0.29, 0.717) is 12.5 Å². The molecule has 8 heteroatoms. The Morgan fingerprint density at radius 1 is 1.07 bits per heavy atom. The van der Waals surface area contributed by atoms with Crippen molar-refractivity contribution in [3.8, 4) is 0 Å². The van der Waals surface area contributed by atoms with Gasteiger partial charge in [0.15, 0.2) is 0 Å². The Bertz CT molecular complexity index is 754. The molecule has 0 radical (unpaired) electrons. The van der Waals surface area contributed by atoms with Crippen LogP contribution in [0.1, 0.15) is 56.1 Å². The summed E-state index contributed by atoms with van der Waals surface area (Å²) < 4.78 is 3.88. The van der Waals surface area contributed by atoms with Gasteiger partial charge in [-0.15, -0.1) is 10.2 Å². The molecule has 0 aliphatic carbocycles. The first-order valence-electron chi connectivity index (χ1n) is 10.6. The molecule has 0 unspecified atom stereocenters. The largest absolute Gasteiger partial charge is 0.341 e. The molecule has 0 bridgehead atoms. The van der Waals surface area contributed by atoms with Gasteiger partial charge in [0.05, 0.1) is 6.54 Å². The number of nitrogens with zero attached hydrogens (tertiary/aromatic N) is 7. The van der Waals surface area contributed by atoms with Crippen molar-refractivity contribution in [3.05, 3.63) is 30.1 Å². The van der Waals surface area contributed by atoms with Crippen LogP contribution in [0.4, 0.5) is 0 Å². The lowest BCUT2D eigenvalue weighted by atomic mass is 9.96. The predicted octanol–water partition coefficient (Wildman–Crippen LogP) is 1.79. The Kier molecular flexibility index (Phi) is 6.04. The fraction of sp³-hybridized carbons (Fsp3) is 0.700. The Balaban J connectivity index is 1.32. The highest BCUT2D eigenvalue weighted by Crippen LogP contribution is 2.27. The molecule has 0 saturated carbocycles. The van der Waals surface area contributed by atoms with Crippen LogP contribution in [0.5, 0.6) is 0 Å². The van der Waals surface area contributed by atoms with Gasteiger partial charge in [0.25, 0.3) is 0 Å². The normalized spacial score (nSPS) is 19.7. The third-order valence-corrected chi connectivity index (χ3v) is 6.13. The Labute approximate surface area is 166 Å². The Morgan fingerprint density at radius 2 is 1.82 bits per heavy atom. The second kappa shape index (κ2) is 8.86. The molecule has 8 nitrogen and oxygen atoms in total. The van der Waals surface area contributed by atoms with Crippen LogP contribution in [0, 0.1) is 0 Å². The molecule has 1 amide bonds. The van der Waals surface area contributed by atoms with Crippen molar-refractivity contribution in [1.29, 1.82) is 0 Å². The van der Waals surface area contributed by atoms with Crippen molar-refractivity contribution >= 4 is 5.91 Å². The Morgan fingerprint density at radius 3 is 2.50 bits per heavy atom. The first kappa shape index (κ1) is 19.1. The van der Waals surface area contributed by atoms with Gasteiger partial charge in [-0.3, -0.25) is 14.4 Å². The van der Waals surface area contributed by atoms with E-state index in [-0.39, 0.29) is 5.91 Å². The summed E-state index contributed by atoms with van der Waals surface area (Å²) >= 11 is 0. The van der Waals surface area contributed by atoms with E-state index in [1.807, 2.05) is 17.2 Å². The van der Waals surface area contributed by atoms with E-state index >= 15 is 0 Å². The maximum atomic E-state index is 12.5. The number of carbonyl (C=O) groups is 1. The van der Waals surface area contributed by atoms with Gasteiger partial charge < -0.3 is 9.47 Å². The van der Waals surface area contributed by atoms with Crippen LogP contribution in [0.15, 0.2) is 18.5 Å². The fourth-order valence-electron chi connectivity index (χ4n) is 4.38. The van der Waals surface area contributed by atoms with Crippen LogP contribution in [0.3, 0.4) is 0 Å². The highest BCUT2D eigenvalue weighted by molar-refractivity contribution is 5.76. The zero-order valence-corrected chi connectivity index (χ0v) is 16.8. The summed E-state index contributed by atoms with van der Waals surface area (Å²) in [5.74, 6) is 2.66. The monoisotopic (exact) mass is 385 g/mol. The van der Waals surface area contributed by atoms with Crippen LogP contribution in [0.25, 0.3) is 0 Å². The van der Waals surface area contributed by atoms with E-state index in [0.717, 1.165) is 44.1 Å². The third kappa shape index (κ3) is 4.43. The first-order chi connectivity index (χ1) is 13.7. The minimum atomic E-state index is 0.141. The first-order valence-corrected chi connectivity index (χ1v) is 10.6. The zero-order chi connectivity index (χ0) is 19.3. The topological polar surface area (TPSA) is 72.1 Å². The molecular weight excluding hydrogens is 354 g/mol.